The summed E-state index contributed by atoms with van der Waals surface area (Å²) >= 11 is 8.02. The predicted molar refractivity (Wildman–Crippen MR) is 159 cm³/mol. The van der Waals surface area contributed by atoms with Crippen molar-refractivity contribution in [3.8, 4) is 11.8 Å². The summed E-state index contributed by atoms with van der Waals surface area (Å²) in [5.74, 6) is 7.64. The smallest absolute Gasteiger partial charge is 0.192 e. The second kappa shape index (κ2) is 11.2. The van der Waals surface area contributed by atoms with Gasteiger partial charge in [-0.2, -0.15) is 0 Å². The molecule has 1 aromatic heterocycles. The zero-order valence-electron chi connectivity index (χ0n) is 22.1. The summed E-state index contributed by atoms with van der Waals surface area (Å²) in [5, 5.41) is 0.846. The summed E-state index contributed by atoms with van der Waals surface area (Å²) in [6, 6.07) is 18.7. The van der Waals surface area contributed by atoms with E-state index in [0.29, 0.717) is 18.1 Å². The summed E-state index contributed by atoms with van der Waals surface area (Å²) in [5.41, 5.74) is 3.59. The summed E-state index contributed by atoms with van der Waals surface area (Å²) in [7, 11) is -1.84. The van der Waals surface area contributed by atoms with Crippen molar-refractivity contribution in [3.63, 3.8) is 0 Å². The highest BCUT2D eigenvalue weighted by Gasteiger charge is 2.43. The highest BCUT2D eigenvalue weighted by Crippen LogP contribution is 2.55. The average molecular weight is 550 g/mol. The summed E-state index contributed by atoms with van der Waals surface area (Å²) in [6.07, 6.45) is 4.31. The van der Waals surface area contributed by atoms with Crippen LogP contribution in [0.15, 0.2) is 73.1 Å². The van der Waals surface area contributed by atoms with Crippen LogP contribution in [-0.2, 0) is 9.84 Å². The minimum Gasteiger partial charge on any atom is -0.416 e. The van der Waals surface area contributed by atoms with Crippen molar-refractivity contribution >= 4 is 42.2 Å². The van der Waals surface area contributed by atoms with Crippen molar-refractivity contribution in [2.75, 3.05) is 12.4 Å². The molecule has 0 bridgehead atoms. The lowest BCUT2D eigenvalue weighted by molar-refractivity contribution is 0.296. The summed E-state index contributed by atoms with van der Waals surface area (Å²) in [4.78, 5) is 5.51. The van der Waals surface area contributed by atoms with Crippen LogP contribution in [0.1, 0.15) is 43.9 Å². The minimum atomic E-state index is -1.84. The fraction of sp³-hybridized carbons (Fsp3) is 0.323. The van der Waals surface area contributed by atoms with Gasteiger partial charge in [-0.1, -0.05) is 74.5 Å². The van der Waals surface area contributed by atoms with Crippen molar-refractivity contribution in [2.45, 2.75) is 50.7 Å². The van der Waals surface area contributed by atoms with Crippen LogP contribution in [0.2, 0.25) is 23.2 Å². The molecule has 3 aromatic rings. The van der Waals surface area contributed by atoms with Crippen LogP contribution >= 0.6 is 23.4 Å². The molecule has 1 aliphatic rings. The fourth-order valence-corrected chi connectivity index (χ4v) is 6.81. The van der Waals surface area contributed by atoms with Gasteiger partial charge in [-0.3, -0.25) is 4.98 Å². The molecule has 1 atom stereocenters. The van der Waals surface area contributed by atoms with Crippen LogP contribution in [0.3, 0.4) is 0 Å². The Morgan fingerprint density at radius 1 is 1.05 bits per heavy atom. The number of allylic oxidation sites excluding steroid dienone is 1. The average Bonchev–Trinajstić information content (AvgIpc) is 3.25. The molecule has 2 heterocycles. The lowest BCUT2D eigenvalue weighted by Gasteiger charge is -2.36. The number of hydrogen-bond acceptors (Lipinski definition) is 3. The van der Waals surface area contributed by atoms with Crippen LogP contribution in [0.25, 0.3) is 10.5 Å². The van der Waals surface area contributed by atoms with E-state index in [2.05, 4.69) is 68.9 Å². The van der Waals surface area contributed by atoms with Crippen molar-refractivity contribution < 1.29 is 8.82 Å². The lowest BCUT2D eigenvalue weighted by Crippen LogP contribution is -2.40. The van der Waals surface area contributed by atoms with Gasteiger partial charge in [-0.25, -0.2) is 4.39 Å². The number of hydrogen-bond donors (Lipinski definition) is 0. The van der Waals surface area contributed by atoms with Gasteiger partial charge in [0.05, 0.1) is 5.41 Å². The molecule has 0 spiro atoms. The Labute approximate surface area is 230 Å². The monoisotopic (exact) mass is 549 g/mol. The molecule has 2 nitrogen and oxygen atoms in total. The van der Waals surface area contributed by atoms with E-state index >= 15 is 0 Å². The fourth-order valence-electron chi connectivity index (χ4n) is 4.16. The lowest BCUT2D eigenvalue weighted by atomic mass is 9.73. The maximum atomic E-state index is 13.8. The van der Waals surface area contributed by atoms with Crippen LogP contribution < -0.4 is 0 Å². The van der Waals surface area contributed by atoms with Gasteiger partial charge >= 0.3 is 0 Å². The Bertz CT molecular complexity index is 1320. The molecule has 6 heteroatoms. The van der Waals surface area contributed by atoms with Gasteiger partial charge in [-0.15, -0.1) is 11.8 Å². The van der Waals surface area contributed by atoms with E-state index in [1.807, 2.05) is 36.5 Å². The third-order valence-electron chi connectivity index (χ3n) is 7.28. The van der Waals surface area contributed by atoms with E-state index in [9.17, 15) is 4.39 Å². The molecule has 0 saturated carbocycles. The Morgan fingerprint density at radius 2 is 1.76 bits per heavy atom. The Balaban J connectivity index is 1.80. The van der Waals surface area contributed by atoms with E-state index in [4.69, 9.17) is 16.0 Å². The highest BCUT2D eigenvalue weighted by atomic mass is 35.5. The first kappa shape index (κ1) is 27.7. The standard InChI is InChI=1S/C31H33ClFNOSSi/c1-30(2,3)37(4,5)35-20-7-6-18-31(25-12-14-26(32)15-13-25)22-36-29(23-10-16-27(33)17-11-23)28(31)24-9-8-19-34-21-24/h8-17,19,21H,7,20,22H2,1-5H3. The number of benzene rings is 2. The molecule has 1 unspecified atom stereocenters. The maximum absolute atomic E-state index is 13.8. The molecule has 0 radical (unpaired) electrons. The number of halogens is 2. The quantitative estimate of drug-likeness (QED) is 0.174. The number of pyridine rings is 1. The SMILES string of the molecule is CC(C)(C)[Si](C)(C)OCCC#CC1(c2ccc(Cl)cc2)CSC(c2ccc(F)cc2)=C1c1cccnc1. The molecule has 0 amide bonds. The molecule has 0 N–H and O–H groups in total. The van der Waals surface area contributed by atoms with Crippen LogP contribution in [-0.4, -0.2) is 25.7 Å². The molecule has 0 aliphatic carbocycles. The summed E-state index contributed by atoms with van der Waals surface area (Å²) in [6.45, 7) is 11.9. The van der Waals surface area contributed by atoms with Gasteiger partial charge in [0.15, 0.2) is 8.32 Å². The first-order chi connectivity index (χ1) is 17.5. The molecular weight excluding hydrogens is 517 g/mol. The number of aromatic nitrogens is 1. The van der Waals surface area contributed by atoms with Gasteiger partial charge in [-0.05, 0) is 70.7 Å². The van der Waals surface area contributed by atoms with Crippen molar-refractivity contribution in [1.29, 1.82) is 0 Å². The van der Waals surface area contributed by atoms with Gasteiger partial charge in [0.2, 0.25) is 0 Å². The number of thioether (sulfide) groups is 1. The first-order valence-corrected chi connectivity index (χ1v) is 16.7. The first-order valence-electron chi connectivity index (χ1n) is 12.5. The van der Waals surface area contributed by atoms with E-state index in [1.165, 1.54) is 12.1 Å². The second-order valence-corrected chi connectivity index (χ2v) is 17.0. The normalized spacial score (nSPS) is 18.0. The maximum Gasteiger partial charge on any atom is 0.192 e. The van der Waals surface area contributed by atoms with Crippen LogP contribution in [0.5, 0.6) is 0 Å². The van der Waals surface area contributed by atoms with Gasteiger partial charge < -0.3 is 4.43 Å². The molecule has 37 heavy (non-hydrogen) atoms. The molecular formula is C31H33ClFNOSSi. The predicted octanol–water partition coefficient (Wildman–Crippen LogP) is 8.84. The number of nitrogens with zero attached hydrogens (tertiary/aromatic N) is 1. The van der Waals surface area contributed by atoms with E-state index in [1.54, 1.807) is 18.0 Å². The van der Waals surface area contributed by atoms with E-state index < -0.39 is 13.7 Å². The van der Waals surface area contributed by atoms with Crippen LogP contribution in [0.4, 0.5) is 4.39 Å². The van der Waals surface area contributed by atoms with Crippen LogP contribution in [0, 0.1) is 17.7 Å². The van der Waals surface area contributed by atoms with Crippen molar-refractivity contribution in [2.24, 2.45) is 0 Å². The Kier molecular flexibility index (Phi) is 8.35. The zero-order chi connectivity index (χ0) is 26.7. The second-order valence-electron chi connectivity index (χ2n) is 10.8. The van der Waals surface area contributed by atoms with Gasteiger partial charge in [0, 0.05) is 41.1 Å². The molecule has 4 rings (SSSR count). The Hall–Kier alpha value is -2.36. The largest absolute Gasteiger partial charge is 0.416 e. The molecule has 192 valence electrons. The van der Waals surface area contributed by atoms with E-state index in [-0.39, 0.29) is 10.9 Å². The zero-order valence-corrected chi connectivity index (χ0v) is 24.6. The van der Waals surface area contributed by atoms with E-state index in [0.717, 1.165) is 32.9 Å². The highest BCUT2D eigenvalue weighted by molar-refractivity contribution is 8.09. The molecule has 1 aliphatic heterocycles. The van der Waals surface area contributed by atoms with Gasteiger partial charge in [0.25, 0.3) is 0 Å². The molecule has 0 fully saturated rings. The summed E-state index contributed by atoms with van der Waals surface area (Å²) < 4.78 is 20.2. The molecule has 0 saturated heterocycles. The van der Waals surface area contributed by atoms with Gasteiger partial charge in [0.1, 0.15) is 5.82 Å². The topological polar surface area (TPSA) is 22.1 Å². The molecule has 2 aromatic carbocycles. The number of rotatable bonds is 6. The Morgan fingerprint density at radius 3 is 2.38 bits per heavy atom. The third-order valence-corrected chi connectivity index (χ3v) is 13.4. The van der Waals surface area contributed by atoms with Crippen molar-refractivity contribution in [1.82, 2.24) is 4.98 Å². The minimum absolute atomic E-state index is 0.160. The third kappa shape index (κ3) is 6.04. The van der Waals surface area contributed by atoms with Crippen molar-refractivity contribution in [3.05, 3.63) is 101 Å².